The fourth-order valence-electron chi connectivity index (χ4n) is 2.06. The van der Waals surface area contributed by atoms with Gasteiger partial charge in [-0.05, 0) is 24.0 Å². The number of aliphatic carboxylic acids is 1. The summed E-state index contributed by atoms with van der Waals surface area (Å²) >= 11 is 0. The van der Waals surface area contributed by atoms with Crippen LogP contribution in [0.2, 0.25) is 0 Å². The Morgan fingerprint density at radius 2 is 1.90 bits per heavy atom. The largest absolute Gasteiger partial charge is 0.481 e. The zero-order valence-electron chi connectivity index (χ0n) is 11.7. The molecule has 0 atom stereocenters. The monoisotopic (exact) mass is 270 g/mol. The first kappa shape index (κ1) is 14.2. The molecule has 0 aliphatic heterocycles. The first-order valence-electron chi connectivity index (χ1n) is 6.67. The molecule has 4 nitrogen and oxygen atoms in total. The van der Waals surface area contributed by atoms with Gasteiger partial charge in [-0.2, -0.15) is 0 Å². The first-order valence-corrected chi connectivity index (χ1v) is 6.67. The van der Waals surface area contributed by atoms with Crippen molar-refractivity contribution in [3.63, 3.8) is 0 Å². The highest BCUT2D eigenvalue weighted by Gasteiger charge is 2.06. The first-order chi connectivity index (χ1) is 9.54. The van der Waals surface area contributed by atoms with Crippen molar-refractivity contribution >= 4 is 5.97 Å². The maximum atomic E-state index is 10.7. The molecule has 0 bridgehead atoms. The molecule has 2 aromatic rings. The predicted molar refractivity (Wildman–Crippen MR) is 77.3 cm³/mol. The van der Waals surface area contributed by atoms with Crippen molar-refractivity contribution in [2.75, 3.05) is 0 Å². The van der Waals surface area contributed by atoms with E-state index in [4.69, 9.17) is 5.11 Å². The van der Waals surface area contributed by atoms with Gasteiger partial charge < -0.3 is 5.11 Å². The Balaban J connectivity index is 2.20. The van der Waals surface area contributed by atoms with Gasteiger partial charge in [0.2, 0.25) is 0 Å². The highest BCUT2D eigenvalue weighted by molar-refractivity contribution is 5.69. The lowest BCUT2D eigenvalue weighted by Gasteiger charge is -2.07. The van der Waals surface area contributed by atoms with Crippen molar-refractivity contribution in [2.45, 2.75) is 26.7 Å². The second-order valence-electron chi connectivity index (χ2n) is 5.22. The minimum Gasteiger partial charge on any atom is -0.481 e. The van der Waals surface area contributed by atoms with Crippen LogP contribution in [-0.4, -0.2) is 21.0 Å². The third kappa shape index (κ3) is 3.88. The maximum absolute atomic E-state index is 10.7. The zero-order chi connectivity index (χ0) is 14.5. The van der Waals surface area contributed by atoms with E-state index in [1.54, 1.807) is 12.3 Å². The van der Waals surface area contributed by atoms with E-state index in [1.165, 1.54) is 5.56 Å². The van der Waals surface area contributed by atoms with E-state index in [2.05, 4.69) is 35.9 Å². The van der Waals surface area contributed by atoms with Gasteiger partial charge in [-0.25, -0.2) is 9.97 Å². The average Bonchev–Trinajstić information content (AvgIpc) is 2.38. The minimum absolute atomic E-state index is 0.153. The Labute approximate surface area is 118 Å². The molecule has 0 amide bonds. The second-order valence-corrected chi connectivity index (χ2v) is 5.22. The van der Waals surface area contributed by atoms with Crippen molar-refractivity contribution in [2.24, 2.45) is 5.92 Å². The van der Waals surface area contributed by atoms with Gasteiger partial charge in [0.25, 0.3) is 0 Å². The number of hydrogen-bond acceptors (Lipinski definition) is 3. The maximum Gasteiger partial charge on any atom is 0.311 e. The third-order valence-corrected chi connectivity index (χ3v) is 2.91. The summed E-state index contributed by atoms with van der Waals surface area (Å²) in [4.78, 5) is 18.9. The number of aromatic nitrogens is 2. The summed E-state index contributed by atoms with van der Waals surface area (Å²) in [6.07, 6.45) is 2.50. The van der Waals surface area contributed by atoms with Crippen LogP contribution in [0.15, 0.2) is 36.5 Å². The Kier molecular flexibility index (Phi) is 4.45. The van der Waals surface area contributed by atoms with E-state index in [0.717, 1.165) is 17.7 Å². The van der Waals surface area contributed by atoms with Crippen LogP contribution >= 0.6 is 0 Å². The van der Waals surface area contributed by atoms with Crippen molar-refractivity contribution in [1.82, 2.24) is 9.97 Å². The lowest BCUT2D eigenvalue weighted by molar-refractivity contribution is -0.136. The topological polar surface area (TPSA) is 63.1 Å². The number of carbonyl (C=O) groups is 1. The Hall–Kier alpha value is -2.23. The van der Waals surface area contributed by atoms with E-state index in [9.17, 15) is 4.79 Å². The number of carboxylic acid groups (broad SMARTS) is 1. The van der Waals surface area contributed by atoms with Crippen LogP contribution in [0, 0.1) is 5.92 Å². The van der Waals surface area contributed by atoms with Crippen molar-refractivity contribution < 1.29 is 9.90 Å². The van der Waals surface area contributed by atoms with E-state index >= 15 is 0 Å². The van der Waals surface area contributed by atoms with Gasteiger partial charge in [0.05, 0.1) is 5.69 Å². The molecule has 0 aliphatic rings. The zero-order valence-corrected chi connectivity index (χ0v) is 11.7. The fourth-order valence-corrected chi connectivity index (χ4v) is 2.06. The number of hydrogen-bond donors (Lipinski definition) is 1. The SMILES string of the molecule is CC(C)Cc1ccc(-c2ccnc(CC(=O)O)n2)cc1. The highest BCUT2D eigenvalue weighted by Crippen LogP contribution is 2.18. The molecular formula is C16H18N2O2. The molecule has 0 aliphatic carbocycles. The van der Waals surface area contributed by atoms with Gasteiger partial charge in [-0.3, -0.25) is 4.79 Å². The average molecular weight is 270 g/mol. The molecule has 1 heterocycles. The smallest absolute Gasteiger partial charge is 0.311 e. The number of benzene rings is 1. The number of rotatable bonds is 5. The lowest BCUT2D eigenvalue weighted by Crippen LogP contribution is -2.05. The summed E-state index contributed by atoms with van der Waals surface area (Å²) in [6, 6.07) is 10.0. The molecule has 0 fully saturated rings. The minimum atomic E-state index is -0.922. The summed E-state index contributed by atoms with van der Waals surface area (Å²) < 4.78 is 0. The summed E-state index contributed by atoms with van der Waals surface area (Å²) in [5.74, 6) is 0.0396. The molecular weight excluding hydrogens is 252 g/mol. The normalized spacial score (nSPS) is 10.8. The molecule has 0 spiro atoms. The highest BCUT2D eigenvalue weighted by atomic mass is 16.4. The quantitative estimate of drug-likeness (QED) is 0.907. The van der Waals surface area contributed by atoms with Crippen molar-refractivity contribution in [3.05, 3.63) is 47.9 Å². The molecule has 20 heavy (non-hydrogen) atoms. The molecule has 0 saturated carbocycles. The molecule has 1 aromatic heterocycles. The van der Waals surface area contributed by atoms with Gasteiger partial charge in [0.1, 0.15) is 12.2 Å². The van der Waals surface area contributed by atoms with Crippen LogP contribution in [0.3, 0.4) is 0 Å². The van der Waals surface area contributed by atoms with Crippen LogP contribution in [0.25, 0.3) is 11.3 Å². The van der Waals surface area contributed by atoms with E-state index in [0.29, 0.717) is 11.7 Å². The molecule has 1 aromatic carbocycles. The van der Waals surface area contributed by atoms with E-state index < -0.39 is 5.97 Å². The van der Waals surface area contributed by atoms with Crippen molar-refractivity contribution in [1.29, 1.82) is 0 Å². The molecule has 2 rings (SSSR count). The lowest BCUT2D eigenvalue weighted by atomic mass is 10.0. The summed E-state index contributed by atoms with van der Waals surface area (Å²) in [7, 11) is 0. The van der Waals surface area contributed by atoms with Crippen LogP contribution < -0.4 is 0 Å². The molecule has 0 radical (unpaired) electrons. The van der Waals surface area contributed by atoms with Crippen LogP contribution in [0.1, 0.15) is 25.2 Å². The Bertz CT molecular complexity index is 592. The van der Waals surface area contributed by atoms with Crippen LogP contribution in [0.5, 0.6) is 0 Å². The second kappa shape index (κ2) is 6.28. The fraction of sp³-hybridized carbons (Fsp3) is 0.312. The predicted octanol–water partition coefficient (Wildman–Crippen LogP) is 2.97. The van der Waals surface area contributed by atoms with Crippen LogP contribution in [0.4, 0.5) is 0 Å². The van der Waals surface area contributed by atoms with Gasteiger partial charge in [-0.1, -0.05) is 38.1 Å². The Morgan fingerprint density at radius 3 is 2.50 bits per heavy atom. The standard InChI is InChI=1S/C16H18N2O2/c1-11(2)9-12-3-5-13(6-4-12)14-7-8-17-15(18-14)10-16(19)20/h3-8,11H,9-10H2,1-2H3,(H,19,20). The number of nitrogens with zero attached hydrogens (tertiary/aromatic N) is 2. The van der Waals surface area contributed by atoms with Gasteiger partial charge in [-0.15, -0.1) is 0 Å². The van der Waals surface area contributed by atoms with E-state index in [-0.39, 0.29) is 6.42 Å². The summed E-state index contributed by atoms with van der Waals surface area (Å²) in [5, 5.41) is 8.77. The Morgan fingerprint density at radius 1 is 1.20 bits per heavy atom. The number of carboxylic acids is 1. The molecule has 4 heteroatoms. The summed E-state index contributed by atoms with van der Waals surface area (Å²) in [6.45, 7) is 4.38. The van der Waals surface area contributed by atoms with E-state index in [1.807, 2.05) is 12.1 Å². The molecule has 1 N–H and O–H groups in total. The van der Waals surface area contributed by atoms with Gasteiger partial charge >= 0.3 is 5.97 Å². The van der Waals surface area contributed by atoms with Gasteiger partial charge in [0, 0.05) is 11.8 Å². The third-order valence-electron chi connectivity index (χ3n) is 2.91. The van der Waals surface area contributed by atoms with Gasteiger partial charge in [0.15, 0.2) is 0 Å². The van der Waals surface area contributed by atoms with Crippen LogP contribution in [-0.2, 0) is 17.6 Å². The van der Waals surface area contributed by atoms with Crippen molar-refractivity contribution in [3.8, 4) is 11.3 Å². The molecule has 0 unspecified atom stereocenters. The molecule has 104 valence electrons. The summed E-state index contributed by atoms with van der Waals surface area (Å²) in [5.41, 5.74) is 3.03. The molecule has 0 saturated heterocycles.